The molecule has 0 bridgehead atoms. The summed E-state index contributed by atoms with van der Waals surface area (Å²) in [6.45, 7) is 0. The first-order chi connectivity index (χ1) is 19.1. The molecule has 41 heavy (non-hydrogen) atoms. The lowest BCUT2D eigenvalue weighted by Crippen LogP contribution is -2.54. The molecule has 12 heteroatoms. The monoisotopic (exact) mass is 574 g/mol. The summed E-state index contributed by atoms with van der Waals surface area (Å²) in [6.07, 6.45) is -11.7. The quantitative estimate of drug-likeness (QED) is 0.145. The fraction of sp³-hybridized carbons (Fsp3) is 0.103. The van der Waals surface area contributed by atoms with Crippen molar-refractivity contribution in [2.45, 2.75) is 17.8 Å². The van der Waals surface area contributed by atoms with Crippen LogP contribution in [0.1, 0.15) is 31.8 Å². The molecule has 0 aliphatic rings. The number of nitrogens with two attached hydrogens (primary N) is 2. The lowest BCUT2D eigenvalue weighted by Gasteiger charge is -2.38. The Balaban J connectivity index is 1.84. The number of rotatable bonds is 6. The highest BCUT2D eigenvalue weighted by Gasteiger charge is 2.72. The van der Waals surface area contributed by atoms with Crippen LogP contribution in [0.2, 0.25) is 0 Å². The average molecular weight is 574 g/mol. The molecule has 0 aliphatic heterocycles. The van der Waals surface area contributed by atoms with Gasteiger partial charge in [-0.1, -0.05) is 60.7 Å². The van der Waals surface area contributed by atoms with Crippen molar-refractivity contribution in [3.05, 3.63) is 107 Å². The third-order valence-corrected chi connectivity index (χ3v) is 6.72. The van der Waals surface area contributed by atoms with Gasteiger partial charge in [0, 0.05) is 11.4 Å². The summed E-state index contributed by atoms with van der Waals surface area (Å²) < 4.78 is 87.5. The molecular formula is C29H20F6N2O4. The number of hydrogen-bond acceptors (Lipinski definition) is 4. The van der Waals surface area contributed by atoms with Gasteiger partial charge in [0.25, 0.3) is 0 Å². The molecule has 0 fully saturated rings. The van der Waals surface area contributed by atoms with E-state index < -0.39 is 40.8 Å². The van der Waals surface area contributed by atoms with E-state index in [0.717, 1.165) is 24.3 Å². The number of benzene rings is 4. The Kier molecular flexibility index (Phi) is 7.21. The maximum Gasteiger partial charge on any atom is 0.411 e. The smallest absolute Gasteiger partial charge is 0.411 e. The summed E-state index contributed by atoms with van der Waals surface area (Å²) in [4.78, 5) is 22.8. The van der Waals surface area contributed by atoms with E-state index in [4.69, 9.17) is 11.5 Å². The van der Waals surface area contributed by atoms with E-state index in [9.17, 15) is 46.1 Å². The SMILES string of the molecule is Nc1ccc(-c2ccc(C(c3ccc(-c4ccc(N)c(C(=O)O)c4)cc3)(C(F)(F)F)C(F)(F)F)cc2)cc1C(=O)O. The number of hydrogen-bond donors (Lipinski definition) is 4. The summed E-state index contributed by atoms with van der Waals surface area (Å²) in [5, 5.41) is 18.5. The maximum atomic E-state index is 14.6. The van der Waals surface area contributed by atoms with Gasteiger partial charge >= 0.3 is 24.3 Å². The zero-order chi connectivity index (χ0) is 30.3. The van der Waals surface area contributed by atoms with Gasteiger partial charge in [0.15, 0.2) is 0 Å². The minimum atomic E-state index is -5.83. The van der Waals surface area contributed by atoms with Crippen LogP contribution in [0.25, 0.3) is 22.3 Å². The van der Waals surface area contributed by atoms with Gasteiger partial charge in [0.1, 0.15) is 0 Å². The Hall–Kier alpha value is -5.00. The number of carbonyl (C=O) groups is 2. The van der Waals surface area contributed by atoms with Crippen LogP contribution in [0.15, 0.2) is 84.9 Å². The normalized spacial score (nSPS) is 12.2. The van der Waals surface area contributed by atoms with Crippen LogP contribution < -0.4 is 11.5 Å². The van der Waals surface area contributed by atoms with Gasteiger partial charge in [-0.2, -0.15) is 26.3 Å². The largest absolute Gasteiger partial charge is 0.478 e. The summed E-state index contributed by atoms with van der Waals surface area (Å²) in [5.41, 5.74) is 4.72. The summed E-state index contributed by atoms with van der Waals surface area (Å²) >= 11 is 0. The molecule has 0 amide bonds. The zero-order valence-corrected chi connectivity index (χ0v) is 20.7. The predicted molar refractivity (Wildman–Crippen MR) is 139 cm³/mol. The third-order valence-electron chi connectivity index (χ3n) is 6.72. The van der Waals surface area contributed by atoms with Crippen molar-refractivity contribution < 1.29 is 46.1 Å². The van der Waals surface area contributed by atoms with Crippen LogP contribution in [-0.4, -0.2) is 34.5 Å². The number of halogens is 6. The van der Waals surface area contributed by atoms with E-state index in [-0.39, 0.29) is 44.8 Å². The summed E-state index contributed by atoms with van der Waals surface area (Å²) in [5.74, 6) is -2.70. The van der Waals surface area contributed by atoms with Gasteiger partial charge in [-0.15, -0.1) is 0 Å². The highest BCUT2D eigenvalue weighted by molar-refractivity contribution is 5.96. The molecule has 0 saturated carbocycles. The lowest BCUT2D eigenvalue weighted by molar-refractivity contribution is -0.288. The van der Waals surface area contributed by atoms with Crippen LogP contribution in [-0.2, 0) is 5.41 Å². The van der Waals surface area contributed by atoms with E-state index in [0.29, 0.717) is 24.3 Å². The highest BCUT2D eigenvalue weighted by atomic mass is 19.4. The van der Waals surface area contributed by atoms with E-state index in [1.165, 1.54) is 36.4 Å². The molecule has 6 N–H and O–H groups in total. The molecule has 4 rings (SSSR count). The van der Waals surface area contributed by atoms with Crippen LogP contribution in [0, 0.1) is 0 Å². The second-order valence-corrected chi connectivity index (χ2v) is 9.11. The number of alkyl halides is 6. The summed E-state index contributed by atoms with van der Waals surface area (Å²) in [6, 6.07) is 14.6. The van der Waals surface area contributed by atoms with Crippen LogP contribution in [0.5, 0.6) is 0 Å². The number of aromatic carboxylic acids is 2. The van der Waals surface area contributed by atoms with E-state index in [1.807, 2.05) is 0 Å². The third kappa shape index (κ3) is 5.04. The van der Waals surface area contributed by atoms with Gasteiger partial charge in [0.05, 0.1) is 11.1 Å². The molecule has 0 saturated heterocycles. The molecule has 0 aliphatic carbocycles. The topological polar surface area (TPSA) is 127 Å². The van der Waals surface area contributed by atoms with Crippen molar-refractivity contribution in [2.24, 2.45) is 0 Å². The number of carboxylic acid groups (broad SMARTS) is 2. The zero-order valence-electron chi connectivity index (χ0n) is 20.7. The van der Waals surface area contributed by atoms with Crippen LogP contribution in [0.3, 0.4) is 0 Å². The van der Waals surface area contributed by atoms with Gasteiger partial charge < -0.3 is 21.7 Å². The van der Waals surface area contributed by atoms with Gasteiger partial charge in [-0.3, -0.25) is 0 Å². The van der Waals surface area contributed by atoms with Crippen LogP contribution >= 0.6 is 0 Å². The first-order valence-corrected chi connectivity index (χ1v) is 11.7. The molecule has 4 aromatic rings. The molecule has 0 heterocycles. The van der Waals surface area contributed by atoms with Crippen LogP contribution in [0.4, 0.5) is 37.7 Å². The van der Waals surface area contributed by atoms with Crippen molar-refractivity contribution in [1.82, 2.24) is 0 Å². The Morgan fingerprint density at radius 1 is 0.512 bits per heavy atom. The molecule has 0 atom stereocenters. The average Bonchev–Trinajstić information content (AvgIpc) is 2.88. The second kappa shape index (κ2) is 10.2. The molecule has 0 aromatic heterocycles. The highest BCUT2D eigenvalue weighted by Crippen LogP contribution is 2.56. The van der Waals surface area contributed by atoms with Gasteiger partial charge in [0.2, 0.25) is 5.41 Å². The Bertz CT molecular complexity index is 1510. The molecule has 0 radical (unpaired) electrons. The first-order valence-electron chi connectivity index (χ1n) is 11.7. The Labute approximate surface area is 228 Å². The summed E-state index contributed by atoms with van der Waals surface area (Å²) in [7, 11) is 0. The Morgan fingerprint density at radius 3 is 1.07 bits per heavy atom. The molecular weight excluding hydrogens is 554 g/mol. The fourth-order valence-electron chi connectivity index (χ4n) is 4.65. The van der Waals surface area contributed by atoms with Crippen molar-refractivity contribution in [2.75, 3.05) is 11.5 Å². The molecule has 0 spiro atoms. The van der Waals surface area contributed by atoms with Crippen molar-refractivity contribution >= 4 is 23.3 Å². The van der Waals surface area contributed by atoms with Crippen molar-refractivity contribution in [1.29, 1.82) is 0 Å². The maximum absolute atomic E-state index is 14.6. The van der Waals surface area contributed by atoms with E-state index in [1.54, 1.807) is 0 Å². The minimum absolute atomic E-state index is 0.0624. The number of carboxylic acids is 2. The van der Waals surface area contributed by atoms with Gasteiger partial charge in [-0.25, -0.2) is 9.59 Å². The lowest BCUT2D eigenvalue weighted by atomic mass is 9.72. The predicted octanol–water partition coefficient (Wildman–Crippen LogP) is 6.99. The fourth-order valence-corrected chi connectivity index (χ4v) is 4.65. The first kappa shape index (κ1) is 29.0. The van der Waals surface area contributed by atoms with Crippen molar-refractivity contribution in [3.8, 4) is 22.3 Å². The molecule has 6 nitrogen and oxygen atoms in total. The molecule has 0 unspecified atom stereocenters. The Morgan fingerprint density at radius 2 is 0.805 bits per heavy atom. The van der Waals surface area contributed by atoms with E-state index in [2.05, 4.69) is 0 Å². The van der Waals surface area contributed by atoms with E-state index >= 15 is 0 Å². The van der Waals surface area contributed by atoms with Crippen molar-refractivity contribution in [3.63, 3.8) is 0 Å². The number of anilines is 2. The number of nitrogen functional groups attached to an aromatic ring is 2. The standard InChI is InChI=1S/C29H20F6N2O4/c30-28(31,32)27(29(33,34)35,19-7-1-15(2-8-19)17-5-11-23(36)21(13-17)25(38)39)20-9-3-16(4-10-20)18-6-12-24(37)22(14-18)26(40)41/h1-14H,36-37H2,(H,38,39)(H,40,41). The molecule has 4 aromatic carbocycles. The molecule has 212 valence electrons. The second-order valence-electron chi connectivity index (χ2n) is 9.11. The minimum Gasteiger partial charge on any atom is -0.478 e. The van der Waals surface area contributed by atoms with Gasteiger partial charge in [-0.05, 0) is 57.6 Å².